The number of amides is 1. The van der Waals surface area contributed by atoms with E-state index in [1.165, 1.54) is 0 Å². The largest absolute Gasteiger partial charge is 0.355 e. The van der Waals surface area contributed by atoms with Crippen LogP contribution in [-0.4, -0.2) is 47.5 Å². The zero-order valence-electron chi connectivity index (χ0n) is 14.7. The average molecular weight is 347 g/mol. The molecule has 0 radical (unpaired) electrons. The molecular weight excluding hydrogens is 326 g/mol. The Morgan fingerprint density at radius 3 is 2.46 bits per heavy atom. The lowest BCUT2D eigenvalue weighted by Gasteiger charge is -2.40. The highest BCUT2D eigenvalue weighted by Gasteiger charge is 2.32. The fourth-order valence-corrected chi connectivity index (χ4v) is 3.38. The fraction of sp³-hybridized carbons (Fsp3) is 0.238. The predicted molar refractivity (Wildman–Crippen MR) is 99.7 cm³/mol. The van der Waals surface area contributed by atoms with E-state index in [1.54, 1.807) is 6.07 Å². The highest BCUT2D eigenvalue weighted by atomic mass is 16.5. The summed E-state index contributed by atoms with van der Waals surface area (Å²) in [6, 6.07) is 21.6. The molecule has 1 saturated heterocycles. The van der Waals surface area contributed by atoms with Crippen LogP contribution < -0.4 is 0 Å². The Morgan fingerprint density at radius 1 is 1.04 bits per heavy atom. The van der Waals surface area contributed by atoms with Crippen LogP contribution >= 0.6 is 0 Å². The van der Waals surface area contributed by atoms with Gasteiger partial charge in [0.1, 0.15) is 0 Å². The van der Waals surface area contributed by atoms with Crippen LogP contribution in [0, 0.1) is 0 Å². The number of benzene rings is 2. The maximum atomic E-state index is 13.1. The van der Waals surface area contributed by atoms with Crippen molar-refractivity contribution in [1.29, 1.82) is 0 Å². The highest BCUT2D eigenvalue weighted by molar-refractivity contribution is 5.93. The highest BCUT2D eigenvalue weighted by Crippen LogP contribution is 2.27. The molecule has 26 heavy (non-hydrogen) atoms. The fourth-order valence-electron chi connectivity index (χ4n) is 3.38. The normalized spacial score (nSPS) is 18.0. The first-order valence-electron chi connectivity index (χ1n) is 8.79. The molecule has 1 aliphatic heterocycles. The van der Waals surface area contributed by atoms with Crippen LogP contribution in [0.25, 0.3) is 11.3 Å². The number of carbonyl (C=O) groups excluding carboxylic acids is 1. The van der Waals surface area contributed by atoms with E-state index in [9.17, 15) is 4.79 Å². The van der Waals surface area contributed by atoms with Gasteiger partial charge in [0, 0.05) is 31.3 Å². The van der Waals surface area contributed by atoms with Crippen molar-refractivity contribution in [3.63, 3.8) is 0 Å². The lowest BCUT2D eigenvalue weighted by Crippen LogP contribution is -2.49. The van der Waals surface area contributed by atoms with Gasteiger partial charge in [0.25, 0.3) is 5.91 Å². The van der Waals surface area contributed by atoms with Crippen molar-refractivity contribution in [1.82, 2.24) is 15.0 Å². The number of hydrogen-bond donors (Lipinski definition) is 0. The minimum absolute atomic E-state index is 0.0133. The van der Waals surface area contributed by atoms with E-state index in [0.29, 0.717) is 18.0 Å². The summed E-state index contributed by atoms with van der Waals surface area (Å²) in [5.41, 5.74) is 2.41. The summed E-state index contributed by atoms with van der Waals surface area (Å²) in [7, 11) is 2.08. The Morgan fingerprint density at radius 2 is 1.73 bits per heavy atom. The van der Waals surface area contributed by atoms with Crippen LogP contribution in [0.5, 0.6) is 0 Å². The summed E-state index contributed by atoms with van der Waals surface area (Å²) in [5, 5.41) is 4.04. The summed E-state index contributed by atoms with van der Waals surface area (Å²) >= 11 is 0. The van der Waals surface area contributed by atoms with Gasteiger partial charge in [-0.1, -0.05) is 65.8 Å². The molecule has 0 spiro atoms. The number of carbonyl (C=O) groups is 1. The molecule has 0 aliphatic carbocycles. The molecule has 2 heterocycles. The zero-order chi connectivity index (χ0) is 17.9. The first kappa shape index (κ1) is 16.5. The summed E-state index contributed by atoms with van der Waals surface area (Å²) in [4.78, 5) is 17.3. The SMILES string of the molecule is CN1CCN(C(=O)c2cc(-c3ccccc3)on2)[C@H](c2ccccc2)C1. The lowest BCUT2D eigenvalue weighted by molar-refractivity contribution is 0.0488. The minimum atomic E-state index is -0.0853. The third-order valence-corrected chi connectivity index (χ3v) is 4.82. The number of nitrogens with zero attached hydrogens (tertiary/aromatic N) is 3. The Bertz CT molecular complexity index is 877. The van der Waals surface area contributed by atoms with Crippen LogP contribution in [0.15, 0.2) is 71.3 Å². The maximum Gasteiger partial charge on any atom is 0.276 e. The summed E-state index contributed by atoms with van der Waals surface area (Å²) in [6.45, 7) is 2.32. The quantitative estimate of drug-likeness (QED) is 0.728. The second-order valence-corrected chi connectivity index (χ2v) is 6.63. The van der Waals surface area contributed by atoms with Crippen molar-refractivity contribution in [2.45, 2.75) is 6.04 Å². The molecule has 0 saturated carbocycles. The molecule has 4 rings (SSSR count). The number of likely N-dealkylation sites (N-methyl/N-ethyl adjacent to an activating group) is 1. The van der Waals surface area contributed by atoms with Gasteiger partial charge >= 0.3 is 0 Å². The van der Waals surface area contributed by atoms with E-state index in [2.05, 4.69) is 29.2 Å². The van der Waals surface area contributed by atoms with Gasteiger partial charge in [-0.05, 0) is 12.6 Å². The van der Waals surface area contributed by atoms with E-state index in [-0.39, 0.29) is 11.9 Å². The first-order chi connectivity index (χ1) is 12.7. The smallest absolute Gasteiger partial charge is 0.276 e. The minimum Gasteiger partial charge on any atom is -0.355 e. The molecule has 0 unspecified atom stereocenters. The molecule has 1 amide bonds. The Kier molecular flexibility index (Phi) is 4.54. The summed E-state index contributed by atoms with van der Waals surface area (Å²) in [6.07, 6.45) is 0. The second kappa shape index (κ2) is 7.14. The summed E-state index contributed by atoms with van der Waals surface area (Å²) < 4.78 is 5.42. The molecule has 5 heteroatoms. The van der Waals surface area contributed by atoms with E-state index in [4.69, 9.17) is 4.52 Å². The van der Waals surface area contributed by atoms with Crippen LogP contribution in [0.3, 0.4) is 0 Å². The summed E-state index contributed by atoms with van der Waals surface area (Å²) in [5.74, 6) is 0.525. The number of piperazine rings is 1. The van der Waals surface area contributed by atoms with Crippen LogP contribution in [-0.2, 0) is 0 Å². The van der Waals surface area contributed by atoms with Crippen molar-refractivity contribution >= 4 is 5.91 Å². The first-order valence-corrected chi connectivity index (χ1v) is 8.79. The molecule has 0 bridgehead atoms. The van der Waals surface area contributed by atoms with Crippen LogP contribution in [0.4, 0.5) is 0 Å². The molecule has 2 aromatic carbocycles. The average Bonchev–Trinajstić information content (AvgIpc) is 3.19. The molecule has 5 nitrogen and oxygen atoms in total. The van der Waals surface area contributed by atoms with Crippen molar-refractivity contribution < 1.29 is 9.32 Å². The maximum absolute atomic E-state index is 13.1. The molecular formula is C21H21N3O2. The van der Waals surface area contributed by atoms with Gasteiger partial charge < -0.3 is 14.3 Å². The lowest BCUT2D eigenvalue weighted by atomic mass is 10.0. The standard InChI is InChI=1S/C21H21N3O2/c1-23-12-13-24(19(15-23)16-8-4-2-5-9-16)21(25)18-14-20(26-22-18)17-10-6-3-7-11-17/h2-11,14,19H,12-13,15H2,1H3/t19-/m0/s1. The molecule has 1 atom stereocenters. The zero-order valence-corrected chi connectivity index (χ0v) is 14.7. The molecule has 3 aromatic rings. The van der Waals surface area contributed by atoms with Crippen molar-refractivity contribution in [3.05, 3.63) is 78.0 Å². The Labute approximate surface area is 152 Å². The Hall–Kier alpha value is -2.92. The van der Waals surface area contributed by atoms with Gasteiger partial charge in [-0.15, -0.1) is 0 Å². The van der Waals surface area contributed by atoms with Crippen molar-refractivity contribution in [2.75, 3.05) is 26.7 Å². The molecule has 1 aliphatic rings. The molecule has 132 valence electrons. The van der Waals surface area contributed by atoms with E-state index in [1.807, 2.05) is 53.4 Å². The van der Waals surface area contributed by atoms with Gasteiger partial charge in [0.2, 0.25) is 0 Å². The van der Waals surface area contributed by atoms with Gasteiger partial charge in [-0.25, -0.2) is 0 Å². The molecule has 0 N–H and O–H groups in total. The Balaban J connectivity index is 1.61. The van der Waals surface area contributed by atoms with Gasteiger partial charge in [-0.3, -0.25) is 4.79 Å². The van der Waals surface area contributed by atoms with Crippen LogP contribution in [0.2, 0.25) is 0 Å². The van der Waals surface area contributed by atoms with Gasteiger partial charge in [0.05, 0.1) is 6.04 Å². The van der Waals surface area contributed by atoms with E-state index >= 15 is 0 Å². The molecule has 1 fully saturated rings. The van der Waals surface area contributed by atoms with Crippen molar-refractivity contribution in [3.8, 4) is 11.3 Å². The monoisotopic (exact) mass is 347 g/mol. The topological polar surface area (TPSA) is 49.6 Å². The van der Waals surface area contributed by atoms with Gasteiger partial charge in [0.15, 0.2) is 11.5 Å². The molecule has 1 aromatic heterocycles. The number of rotatable bonds is 3. The van der Waals surface area contributed by atoms with E-state index in [0.717, 1.165) is 24.2 Å². The predicted octanol–water partition coefficient (Wildman–Crippen LogP) is 3.47. The van der Waals surface area contributed by atoms with Crippen molar-refractivity contribution in [2.24, 2.45) is 0 Å². The van der Waals surface area contributed by atoms with Crippen LogP contribution in [0.1, 0.15) is 22.1 Å². The second-order valence-electron chi connectivity index (χ2n) is 6.63. The van der Waals surface area contributed by atoms with E-state index < -0.39 is 0 Å². The third-order valence-electron chi connectivity index (χ3n) is 4.82. The number of hydrogen-bond acceptors (Lipinski definition) is 4. The number of aromatic nitrogens is 1. The van der Waals surface area contributed by atoms with Gasteiger partial charge in [-0.2, -0.15) is 0 Å². The third kappa shape index (κ3) is 3.26.